The normalized spacial score (nSPS) is 18.7. The first kappa shape index (κ1) is 17.4. The SMILES string of the molecule is COc1ccc(OC2CCCN(C(=O)c3cccc4c3OCCO4)C2)nn1. The molecule has 0 saturated carbocycles. The van der Waals surface area contributed by atoms with Gasteiger partial charge in [-0.2, -0.15) is 0 Å². The van der Waals surface area contributed by atoms with Gasteiger partial charge in [0.15, 0.2) is 11.5 Å². The predicted octanol–water partition coefficient (Wildman–Crippen LogP) is 1.94. The summed E-state index contributed by atoms with van der Waals surface area (Å²) in [5, 5.41) is 7.90. The molecule has 0 radical (unpaired) electrons. The van der Waals surface area contributed by atoms with Gasteiger partial charge >= 0.3 is 0 Å². The standard InChI is InChI=1S/C19H21N3O5/c1-24-16-7-8-17(21-20-16)27-13-4-3-9-22(12-13)19(23)14-5-2-6-15-18(14)26-11-10-25-15/h2,5-8,13H,3-4,9-12H2,1H3. The third-order valence-corrected chi connectivity index (χ3v) is 4.57. The summed E-state index contributed by atoms with van der Waals surface area (Å²) in [6.07, 6.45) is 1.57. The Hall–Kier alpha value is -3.03. The maximum atomic E-state index is 13.0. The van der Waals surface area contributed by atoms with Crippen LogP contribution in [0, 0.1) is 0 Å². The molecule has 1 aromatic heterocycles. The van der Waals surface area contributed by atoms with Crippen molar-refractivity contribution in [2.75, 3.05) is 33.4 Å². The van der Waals surface area contributed by atoms with Gasteiger partial charge in [-0.15, -0.1) is 10.2 Å². The highest BCUT2D eigenvalue weighted by Crippen LogP contribution is 2.34. The van der Waals surface area contributed by atoms with Crippen LogP contribution in [0.1, 0.15) is 23.2 Å². The molecule has 0 N–H and O–H groups in total. The van der Waals surface area contributed by atoms with Gasteiger partial charge in [-0.1, -0.05) is 6.07 Å². The summed E-state index contributed by atoms with van der Waals surface area (Å²) in [6.45, 7) is 2.10. The van der Waals surface area contributed by atoms with Gasteiger partial charge in [0.05, 0.1) is 19.2 Å². The Bertz CT molecular complexity index is 811. The highest BCUT2D eigenvalue weighted by Gasteiger charge is 2.29. The zero-order chi connectivity index (χ0) is 18.6. The monoisotopic (exact) mass is 371 g/mol. The highest BCUT2D eigenvalue weighted by molar-refractivity contribution is 5.98. The number of likely N-dealkylation sites (tertiary alicyclic amines) is 1. The van der Waals surface area contributed by atoms with Gasteiger partial charge in [-0.3, -0.25) is 4.79 Å². The van der Waals surface area contributed by atoms with Crippen LogP contribution in [0.5, 0.6) is 23.3 Å². The number of rotatable bonds is 4. The van der Waals surface area contributed by atoms with E-state index in [9.17, 15) is 4.79 Å². The molecule has 4 rings (SSSR count). The van der Waals surface area contributed by atoms with Crippen LogP contribution in [-0.4, -0.2) is 60.5 Å². The molecule has 142 valence electrons. The number of hydrogen-bond acceptors (Lipinski definition) is 7. The molecule has 3 heterocycles. The van der Waals surface area contributed by atoms with E-state index in [2.05, 4.69) is 10.2 Å². The van der Waals surface area contributed by atoms with E-state index in [0.29, 0.717) is 55.1 Å². The summed E-state index contributed by atoms with van der Waals surface area (Å²) < 4.78 is 22.2. The Morgan fingerprint density at radius 3 is 2.78 bits per heavy atom. The first-order chi connectivity index (χ1) is 13.2. The van der Waals surface area contributed by atoms with Gasteiger partial charge in [0.25, 0.3) is 5.91 Å². The Morgan fingerprint density at radius 2 is 1.96 bits per heavy atom. The molecular formula is C19H21N3O5. The fourth-order valence-corrected chi connectivity index (χ4v) is 3.28. The van der Waals surface area contributed by atoms with Crippen molar-refractivity contribution in [3.63, 3.8) is 0 Å². The molecule has 0 bridgehead atoms. The van der Waals surface area contributed by atoms with Gasteiger partial charge in [-0.05, 0) is 25.0 Å². The fraction of sp³-hybridized carbons (Fsp3) is 0.421. The van der Waals surface area contributed by atoms with E-state index in [0.717, 1.165) is 12.8 Å². The number of carbonyl (C=O) groups is 1. The van der Waals surface area contributed by atoms with Crippen LogP contribution < -0.4 is 18.9 Å². The molecule has 2 aliphatic heterocycles. The number of amides is 1. The molecule has 1 unspecified atom stereocenters. The topological polar surface area (TPSA) is 83.0 Å². The second kappa shape index (κ2) is 7.69. The van der Waals surface area contributed by atoms with Crippen LogP contribution in [0.3, 0.4) is 0 Å². The summed E-state index contributed by atoms with van der Waals surface area (Å²) in [4.78, 5) is 14.8. The van der Waals surface area contributed by atoms with E-state index in [-0.39, 0.29) is 12.0 Å². The smallest absolute Gasteiger partial charge is 0.257 e. The van der Waals surface area contributed by atoms with Crippen molar-refractivity contribution in [3.8, 4) is 23.3 Å². The number of methoxy groups -OCH3 is 1. The van der Waals surface area contributed by atoms with Crippen molar-refractivity contribution in [2.24, 2.45) is 0 Å². The third-order valence-electron chi connectivity index (χ3n) is 4.57. The van der Waals surface area contributed by atoms with E-state index in [1.165, 1.54) is 7.11 Å². The Labute approximate surface area is 157 Å². The van der Waals surface area contributed by atoms with Crippen LogP contribution in [0.25, 0.3) is 0 Å². The fourth-order valence-electron chi connectivity index (χ4n) is 3.28. The van der Waals surface area contributed by atoms with Crippen LogP contribution >= 0.6 is 0 Å². The van der Waals surface area contributed by atoms with E-state index in [4.69, 9.17) is 18.9 Å². The third kappa shape index (κ3) is 3.74. The van der Waals surface area contributed by atoms with Crippen molar-refractivity contribution in [2.45, 2.75) is 18.9 Å². The van der Waals surface area contributed by atoms with E-state index in [1.807, 2.05) is 12.1 Å². The van der Waals surface area contributed by atoms with Crippen molar-refractivity contribution in [1.82, 2.24) is 15.1 Å². The summed E-state index contributed by atoms with van der Waals surface area (Å²) in [5.41, 5.74) is 0.525. The van der Waals surface area contributed by atoms with Crippen LogP contribution in [0.2, 0.25) is 0 Å². The molecular weight excluding hydrogens is 350 g/mol. The first-order valence-corrected chi connectivity index (χ1v) is 8.97. The van der Waals surface area contributed by atoms with Gasteiger partial charge in [0.2, 0.25) is 11.8 Å². The van der Waals surface area contributed by atoms with Gasteiger partial charge in [0, 0.05) is 18.7 Å². The van der Waals surface area contributed by atoms with Crippen LogP contribution in [0.15, 0.2) is 30.3 Å². The number of carbonyl (C=O) groups excluding carboxylic acids is 1. The molecule has 8 nitrogen and oxygen atoms in total. The molecule has 1 fully saturated rings. The summed E-state index contributed by atoms with van der Waals surface area (Å²) in [7, 11) is 1.53. The minimum absolute atomic E-state index is 0.0773. The van der Waals surface area contributed by atoms with Crippen LogP contribution in [-0.2, 0) is 0 Å². The lowest BCUT2D eigenvalue weighted by atomic mass is 10.1. The van der Waals surface area contributed by atoms with E-state index < -0.39 is 0 Å². The zero-order valence-corrected chi connectivity index (χ0v) is 15.1. The largest absolute Gasteiger partial charge is 0.486 e. The molecule has 27 heavy (non-hydrogen) atoms. The minimum atomic E-state index is -0.137. The number of hydrogen-bond donors (Lipinski definition) is 0. The molecule has 2 aromatic rings. The van der Waals surface area contributed by atoms with Crippen molar-refractivity contribution in [3.05, 3.63) is 35.9 Å². The van der Waals surface area contributed by atoms with Crippen molar-refractivity contribution >= 4 is 5.91 Å². The molecule has 1 atom stereocenters. The van der Waals surface area contributed by atoms with Crippen molar-refractivity contribution in [1.29, 1.82) is 0 Å². The number of fused-ring (bicyclic) bond motifs is 1. The zero-order valence-electron chi connectivity index (χ0n) is 15.1. The Morgan fingerprint density at radius 1 is 1.15 bits per heavy atom. The number of para-hydroxylation sites is 1. The van der Waals surface area contributed by atoms with Crippen LogP contribution in [0.4, 0.5) is 0 Å². The molecule has 2 aliphatic rings. The minimum Gasteiger partial charge on any atom is -0.486 e. The molecule has 8 heteroatoms. The van der Waals surface area contributed by atoms with Gasteiger partial charge < -0.3 is 23.8 Å². The predicted molar refractivity (Wildman–Crippen MR) is 95.6 cm³/mol. The molecule has 0 spiro atoms. The molecule has 1 aromatic carbocycles. The number of aromatic nitrogens is 2. The maximum absolute atomic E-state index is 13.0. The molecule has 1 amide bonds. The quantitative estimate of drug-likeness (QED) is 0.812. The second-order valence-corrected chi connectivity index (χ2v) is 6.38. The summed E-state index contributed by atoms with van der Waals surface area (Å²) in [6, 6.07) is 8.81. The average Bonchev–Trinajstić information content (AvgIpc) is 2.73. The average molecular weight is 371 g/mol. The number of benzene rings is 1. The lowest BCUT2D eigenvalue weighted by molar-refractivity contribution is 0.0517. The van der Waals surface area contributed by atoms with E-state index >= 15 is 0 Å². The lowest BCUT2D eigenvalue weighted by Crippen LogP contribution is -2.44. The molecule has 0 aliphatic carbocycles. The van der Waals surface area contributed by atoms with E-state index in [1.54, 1.807) is 23.1 Å². The Kier molecular flexibility index (Phi) is 4.95. The second-order valence-electron chi connectivity index (χ2n) is 6.38. The molecule has 1 saturated heterocycles. The number of ether oxygens (including phenoxy) is 4. The lowest BCUT2D eigenvalue weighted by Gasteiger charge is -2.33. The highest BCUT2D eigenvalue weighted by atomic mass is 16.6. The Balaban J connectivity index is 1.45. The number of piperidine rings is 1. The number of nitrogens with zero attached hydrogens (tertiary/aromatic N) is 3. The summed E-state index contributed by atoms with van der Waals surface area (Å²) >= 11 is 0. The van der Waals surface area contributed by atoms with Gasteiger partial charge in [0.1, 0.15) is 19.3 Å². The van der Waals surface area contributed by atoms with Gasteiger partial charge in [-0.25, -0.2) is 0 Å². The maximum Gasteiger partial charge on any atom is 0.257 e. The summed E-state index contributed by atoms with van der Waals surface area (Å²) in [5.74, 6) is 1.91. The van der Waals surface area contributed by atoms with Crippen molar-refractivity contribution < 1.29 is 23.7 Å². The first-order valence-electron chi connectivity index (χ1n) is 8.97.